The lowest BCUT2D eigenvalue weighted by Crippen LogP contribution is -2.20. The molecule has 0 atom stereocenters. The summed E-state index contributed by atoms with van der Waals surface area (Å²) in [5.41, 5.74) is 5.37. The van der Waals surface area contributed by atoms with E-state index in [1.807, 2.05) is 24.3 Å². The van der Waals surface area contributed by atoms with Gasteiger partial charge < -0.3 is 10.1 Å². The van der Waals surface area contributed by atoms with Gasteiger partial charge in [0.1, 0.15) is 6.61 Å². The molecule has 126 valence electrons. The van der Waals surface area contributed by atoms with Crippen LogP contribution >= 0.6 is 0 Å². The minimum absolute atomic E-state index is 0.118. The molecule has 24 heavy (non-hydrogen) atoms. The van der Waals surface area contributed by atoms with Crippen LogP contribution in [0.15, 0.2) is 42.5 Å². The van der Waals surface area contributed by atoms with E-state index in [-0.39, 0.29) is 18.9 Å². The van der Waals surface area contributed by atoms with E-state index in [2.05, 4.69) is 22.2 Å². The normalized spacial score (nSPS) is 12.6. The van der Waals surface area contributed by atoms with Crippen molar-refractivity contribution in [2.45, 2.75) is 19.0 Å². The summed E-state index contributed by atoms with van der Waals surface area (Å²) in [7, 11) is 0. The van der Waals surface area contributed by atoms with E-state index in [9.17, 15) is 18.0 Å². The van der Waals surface area contributed by atoms with Gasteiger partial charge in [-0.1, -0.05) is 30.3 Å². The first-order chi connectivity index (χ1) is 11.4. The fourth-order valence-corrected chi connectivity index (χ4v) is 2.80. The van der Waals surface area contributed by atoms with E-state index in [0.717, 1.165) is 17.5 Å². The Kier molecular flexibility index (Phi) is 4.57. The summed E-state index contributed by atoms with van der Waals surface area (Å²) >= 11 is 0. The largest absolute Gasteiger partial charge is 0.411 e. The summed E-state index contributed by atoms with van der Waals surface area (Å²) in [6.07, 6.45) is -3.68. The number of benzene rings is 2. The zero-order chi connectivity index (χ0) is 17.2. The number of halogens is 3. The van der Waals surface area contributed by atoms with E-state index in [0.29, 0.717) is 5.69 Å². The third kappa shape index (κ3) is 3.94. The number of anilines is 1. The molecule has 0 spiro atoms. The van der Waals surface area contributed by atoms with Crippen LogP contribution in [0.4, 0.5) is 18.9 Å². The third-order valence-corrected chi connectivity index (χ3v) is 3.82. The maximum Gasteiger partial charge on any atom is 0.411 e. The number of carbonyl (C=O) groups excluding carboxylic acids is 1. The van der Waals surface area contributed by atoms with E-state index in [1.54, 1.807) is 6.07 Å². The van der Waals surface area contributed by atoms with E-state index in [4.69, 9.17) is 0 Å². The number of hydrogen-bond acceptors (Lipinski definition) is 2. The van der Waals surface area contributed by atoms with Gasteiger partial charge in [0.05, 0.1) is 13.0 Å². The Hall–Kier alpha value is -2.34. The zero-order valence-electron chi connectivity index (χ0n) is 12.8. The molecule has 0 heterocycles. The molecular weight excluding hydrogens is 319 g/mol. The van der Waals surface area contributed by atoms with Crippen molar-refractivity contribution in [1.29, 1.82) is 0 Å². The summed E-state index contributed by atoms with van der Waals surface area (Å²) in [5.74, 6) is -0.368. The highest BCUT2D eigenvalue weighted by Crippen LogP contribution is 2.37. The smallest absolute Gasteiger partial charge is 0.372 e. The van der Waals surface area contributed by atoms with Gasteiger partial charge >= 0.3 is 6.18 Å². The van der Waals surface area contributed by atoms with Gasteiger partial charge in [0.15, 0.2) is 0 Å². The van der Waals surface area contributed by atoms with Crippen molar-refractivity contribution in [3.05, 3.63) is 53.6 Å². The molecule has 0 saturated carbocycles. The highest BCUT2D eigenvalue weighted by Gasteiger charge is 2.27. The Morgan fingerprint density at radius 3 is 2.62 bits per heavy atom. The summed E-state index contributed by atoms with van der Waals surface area (Å²) in [5, 5.41) is 2.70. The zero-order valence-corrected chi connectivity index (χ0v) is 12.8. The minimum Gasteiger partial charge on any atom is -0.372 e. The summed E-state index contributed by atoms with van der Waals surface area (Å²) in [6, 6.07) is 13.8. The van der Waals surface area contributed by atoms with Gasteiger partial charge in [-0.2, -0.15) is 13.2 Å². The number of hydrogen-bond donors (Lipinski definition) is 1. The quantitative estimate of drug-likeness (QED) is 0.711. The molecule has 0 fully saturated rings. The van der Waals surface area contributed by atoms with Crippen LogP contribution in [0, 0.1) is 0 Å². The highest BCUT2D eigenvalue weighted by atomic mass is 19.4. The Morgan fingerprint density at radius 2 is 1.83 bits per heavy atom. The predicted octanol–water partition coefficient (Wildman–Crippen LogP) is 4.17. The fraction of sp³-hybridized carbons (Fsp3) is 0.278. The van der Waals surface area contributed by atoms with Crippen molar-refractivity contribution >= 4 is 11.6 Å². The Morgan fingerprint density at radius 1 is 1.08 bits per heavy atom. The van der Waals surface area contributed by atoms with E-state index >= 15 is 0 Å². The SMILES string of the molecule is O=C(CCOCC(F)(F)F)Nc1ccc2c(c1)Cc1ccccc1-2. The number of carbonyl (C=O) groups is 1. The number of amides is 1. The lowest BCUT2D eigenvalue weighted by molar-refractivity contribution is -0.174. The first-order valence-corrected chi connectivity index (χ1v) is 7.58. The van der Waals surface area contributed by atoms with E-state index < -0.39 is 12.8 Å². The molecule has 0 aliphatic heterocycles. The molecule has 2 aromatic rings. The van der Waals surface area contributed by atoms with Crippen LogP contribution in [0.25, 0.3) is 11.1 Å². The second kappa shape index (κ2) is 6.65. The number of alkyl halides is 3. The maximum absolute atomic E-state index is 11.9. The van der Waals surface area contributed by atoms with Crippen molar-refractivity contribution in [1.82, 2.24) is 0 Å². The molecule has 1 aliphatic rings. The molecule has 2 aromatic carbocycles. The number of fused-ring (bicyclic) bond motifs is 3. The van der Waals surface area contributed by atoms with E-state index in [1.165, 1.54) is 11.1 Å². The lowest BCUT2D eigenvalue weighted by atomic mass is 10.1. The number of rotatable bonds is 5. The molecule has 1 N–H and O–H groups in total. The van der Waals surface area contributed by atoms with Crippen LogP contribution in [-0.2, 0) is 16.0 Å². The third-order valence-electron chi connectivity index (χ3n) is 3.82. The summed E-state index contributed by atoms with van der Waals surface area (Å²) in [4.78, 5) is 11.8. The van der Waals surface area contributed by atoms with Gasteiger partial charge in [-0.25, -0.2) is 0 Å². The molecule has 1 amide bonds. The summed E-state index contributed by atoms with van der Waals surface area (Å²) < 4.78 is 40.3. The summed E-state index contributed by atoms with van der Waals surface area (Å²) in [6.45, 7) is -1.60. The highest BCUT2D eigenvalue weighted by molar-refractivity contribution is 5.91. The predicted molar refractivity (Wildman–Crippen MR) is 84.8 cm³/mol. The van der Waals surface area contributed by atoms with Crippen LogP contribution in [0.5, 0.6) is 0 Å². The van der Waals surface area contributed by atoms with Crippen molar-refractivity contribution in [2.75, 3.05) is 18.5 Å². The van der Waals surface area contributed by atoms with Gasteiger partial charge in [-0.3, -0.25) is 4.79 Å². The Bertz CT molecular complexity index is 756. The molecule has 3 nitrogen and oxygen atoms in total. The molecule has 0 saturated heterocycles. The van der Waals surface area contributed by atoms with Crippen LogP contribution in [0.1, 0.15) is 17.5 Å². The Balaban J connectivity index is 1.56. The number of nitrogens with one attached hydrogen (secondary N) is 1. The van der Waals surface area contributed by atoms with Crippen LogP contribution < -0.4 is 5.32 Å². The van der Waals surface area contributed by atoms with Gasteiger partial charge in [0.2, 0.25) is 5.91 Å². The Labute approximate surface area is 137 Å². The van der Waals surface area contributed by atoms with Crippen LogP contribution in [0.2, 0.25) is 0 Å². The molecule has 0 bridgehead atoms. The average molecular weight is 335 g/mol. The first kappa shape index (κ1) is 16.5. The molecule has 0 radical (unpaired) electrons. The monoisotopic (exact) mass is 335 g/mol. The second-order valence-corrected chi connectivity index (χ2v) is 5.67. The minimum atomic E-state index is -4.37. The topological polar surface area (TPSA) is 38.3 Å². The standard InChI is InChI=1S/C18H16F3NO2/c19-18(20,21)11-24-8-7-17(23)22-14-5-6-16-13(10-14)9-12-3-1-2-4-15(12)16/h1-6,10H,7-9,11H2,(H,22,23). The van der Waals surface area contributed by atoms with Gasteiger partial charge in [0.25, 0.3) is 0 Å². The molecule has 6 heteroatoms. The average Bonchev–Trinajstić information content (AvgIpc) is 2.88. The first-order valence-electron chi connectivity index (χ1n) is 7.58. The van der Waals surface area contributed by atoms with Crippen molar-refractivity contribution < 1.29 is 22.7 Å². The van der Waals surface area contributed by atoms with Gasteiger partial charge in [-0.05, 0) is 40.8 Å². The molecule has 3 rings (SSSR count). The second-order valence-electron chi connectivity index (χ2n) is 5.67. The van der Waals surface area contributed by atoms with Crippen LogP contribution in [0.3, 0.4) is 0 Å². The molecule has 0 unspecified atom stereocenters. The van der Waals surface area contributed by atoms with Gasteiger partial charge in [-0.15, -0.1) is 0 Å². The van der Waals surface area contributed by atoms with Crippen LogP contribution in [-0.4, -0.2) is 25.3 Å². The molecule has 1 aliphatic carbocycles. The van der Waals surface area contributed by atoms with Crippen molar-refractivity contribution in [3.63, 3.8) is 0 Å². The maximum atomic E-state index is 11.9. The molecule has 0 aromatic heterocycles. The number of ether oxygens (including phenoxy) is 1. The van der Waals surface area contributed by atoms with Gasteiger partial charge in [0, 0.05) is 5.69 Å². The molecular formula is C18H16F3NO2. The van der Waals surface area contributed by atoms with Crippen molar-refractivity contribution in [2.24, 2.45) is 0 Å². The fourth-order valence-electron chi connectivity index (χ4n) is 2.80. The lowest BCUT2D eigenvalue weighted by Gasteiger charge is -2.09. The van der Waals surface area contributed by atoms with Crippen molar-refractivity contribution in [3.8, 4) is 11.1 Å².